The van der Waals surface area contributed by atoms with Crippen molar-refractivity contribution in [2.75, 3.05) is 0 Å². The zero-order valence-corrected chi connectivity index (χ0v) is 9.18. The van der Waals surface area contributed by atoms with Gasteiger partial charge < -0.3 is 4.43 Å². The van der Waals surface area contributed by atoms with Crippen LogP contribution >= 0.6 is 0 Å². The summed E-state index contributed by atoms with van der Waals surface area (Å²) in [6.07, 6.45) is 6.37. The van der Waals surface area contributed by atoms with Gasteiger partial charge in [-0.1, -0.05) is 25.8 Å². The summed E-state index contributed by atoms with van der Waals surface area (Å²) in [6.45, 7) is 8.75. The molecule has 0 aliphatic heterocycles. The van der Waals surface area contributed by atoms with Gasteiger partial charge in [0.25, 0.3) is 0 Å². The van der Waals surface area contributed by atoms with Crippen molar-refractivity contribution in [2.24, 2.45) is 0 Å². The molecule has 1 nitrogen and oxygen atoms in total. The molecule has 0 aromatic heterocycles. The maximum atomic E-state index is 5.64. The highest BCUT2D eigenvalue weighted by Crippen LogP contribution is 2.14. The summed E-state index contributed by atoms with van der Waals surface area (Å²) in [5.74, 6) is 0. The number of allylic oxidation sites excluding steroid dienone is 1. The largest absolute Gasteiger partial charge is 0.550 e. The predicted octanol–water partition coefficient (Wildman–Crippen LogP) is 3.54. The minimum Gasteiger partial charge on any atom is -0.550 e. The quantitative estimate of drug-likeness (QED) is 0.455. The molecular weight excluding hydrogens is 152 g/mol. The summed E-state index contributed by atoms with van der Waals surface area (Å²) in [7, 11) is -1.33. The van der Waals surface area contributed by atoms with Gasteiger partial charge in [0.05, 0.1) is 6.26 Å². The molecule has 0 saturated heterocycles. The summed E-state index contributed by atoms with van der Waals surface area (Å²) in [6, 6.07) is 1.27. The molecule has 0 aliphatic rings. The van der Waals surface area contributed by atoms with Crippen molar-refractivity contribution in [3.05, 3.63) is 12.3 Å². The van der Waals surface area contributed by atoms with E-state index in [9.17, 15) is 0 Å². The lowest BCUT2D eigenvalue weighted by molar-refractivity contribution is 0.467. The molecule has 0 unspecified atom stereocenters. The van der Waals surface area contributed by atoms with Crippen molar-refractivity contribution in [1.82, 2.24) is 0 Å². The summed E-state index contributed by atoms with van der Waals surface area (Å²) < 4.78 is 5.64. The lowest BCUT2D eigenvalue weighted by Crippen LogP contribution is -2.27. The van der Waals surface area contributed by atoms with Crippen LogP contribution < -0.4 is 0 Å². The van der Waals surface area contributed by atoms with Gasteiger partial charge in [0.15, 0.2) is 0 Å². The van der Waals surface area contributed by atoms with Crippen LogP contribution in [0.3, 0.4) is 0 Å². The van der Waals surface area contributed by atoms with E-state index in [-0.39, 0.29) is 0 Å². The van der Waals surface area contributed by atoms with Crippen LogP contribution in [0.1, 0.15) is 26.7 Å². The maximum absolute atomic E-state index is 5.64. The molecule has 0 aliphatic carbocycles. The Bertz CT molecular complexity index is 119. The fourth-order valence-electron chi connectivity index (χ4n) is 0.914. The smallest absolute Gasteiger partial charge is 0.244 e. The second kappa shape index (κ2) is 5.41. The molecule has 0 saturated carbocycles. The Hall–Kier alpha value is -0.243. The summed E-state index contributed by atoms with van der Waals surface area (Å²) in [5.41, 5.74) is 0. The molecule has 0 radical (unpaired) electrons. The first-order valence-electron chi connectivity index (χ1n) is 4.41. The van der Waals surface area contributed by atoms with Crippen LogP contribution in [0.4, 0.5) is 0 Å². The van der Waals surface area contributed by atoms with E-state index in [1.807, 2.05) is 19.3 Å². The lowest BCUT2D eigenvalue weighted by Gasteiger charge is -2.20. The molecule has 11 heavy (non-hydrogen) atoms. The van der Waals surface area contributed by atoms with Crippen LogP contribution in [0.5, 0.6) is 0 Å². The third kappa shape index (κ3) is 6.17. The summed E-state index contributed by atoms with van der Waals surface area (Å²) >= 11 is 0. The van der Waals surface area contributed by atoms with Gasteiger partial charge in [0.2, 0.25) is 8.32 Å². The van der Waals surface area contributed by atoms with E-state index in [0.29, 0.717) is 0 Å². The SMILES string of the molecule is CC=CO[Si](C)(C)CCCC. The Kier molecular flexibility index (Phi) is 5.29. The number of hydrogen-bond donors (Lipinski definition) is 0. The van der Waals surface area contributed by atoms with Gasteiger partial charge in [-0.3, -0.25) is 0 Å². The van der Waals surface area contributed by atoms with Crippen molar-refractivity contribution >= 4 is 8.32 Å². The van der Waals surface area contributed by atoms with E-state index in [2.05, 4.69) is 20.0 Å². The van der Waals surface area contributed by atoms with Gasteiger partial charge in [-0.05, 0) is 26.1 Å². The highest BCUT2D eigenvalue weighted by Gasteiger charge is 2.20. The summed E-state index contributed by atoms with van der Waals surface area (Å²) in [5, 5.41) is 0. The van der Waals surface area contributed by atoms with E-state index in [0.717, 1.165) is 0 Å². The minimum atomic E-state index is -1.33. The van der Waals surface area contributed by atoms with Gasteiger partial charge in [0, 0.05) is 0 Å². The van der Waals surface area contributed by atoms with Gasteiger partial charge in [-0.15, -0.1) is 0 Å². The number of hydrogen-bond acceptors (Lipinski definition) is 1. The molecule has 0 amide bonds. The van der Waals surface area contributed by atoms with E-state index >= 15 is 0 Å². The topological polar surface area (TPSA) is 9.23 Å². The van der Waals surface area contributed by atoms with Crippen LogP contribution in [0.2, 0.25) is 19.1 Å². The molecule has 0 spiro atoms. The summed E-state index contributed by atoms with van der Waals surface area (Å²) in [4.78, 5) is 0. The maximum Gasteiger partial charge on any atom is 0.244 e. The Morgan fingerprint density at radius 3 is 2.45 bits per heavy atom. The second-order valence-corrected chi connectivity index (χ2v) is 7.71. The fourth-order valence-corrected chi connectivity index (χ4v) is 2.74. The zero-order valence-electron chi connectivity index (χ0n) is 8.18. The van der Waals surface area contributed by atoms with E-state index in [1.165, 1.54) is 18.9 Å². The van der Waals surface area contributed by atoms with Crippen molar-refractivity contribution in [3.63, 3.8) is 0 Å². The first-order valence-corrected chi connectivity index (χ1v) is 7.53. The zero-order chi connectivity index (χ0) is 8.74. The van der Waals surface area contributed by atoms with Crippen LogP contribution in [0.15, 0.2) is 12.3 Å². The molecule has 2 heteroatoms. The lowest BCUT2D eigenvalue weighted by atomic mass is 10.4. The van der Waals surface area contributed by atoms with Crippen molar-refractivity contribution in [2.45, 2.75) is 45.8 Å². The van der Waals surface area contributed by atoms with Crippen LogP contribution in [-0.2, 0) is 4.43 Å². The molecular formula is C9H20OSi. The van der Waals surface area contributed by atoms with E-state index < -0.39 is 8.32 Å². The third-order valence-electron chi connectivity index (χ3n) is 1.66. The molecule has 0 rings (SSSR count). The van der Waals surface area contributed by atoms with Crippen LogP contribution in [0, 0.1) is 0 Å². The average Bonchev–Trinajstić information content (AvgIpc) is 1.97. The van der Waals surface area contributed by atoms with Gasteiger partial charge >= 0.3 is 0 Å². The van der Waals surface area contributed by atoms with Crippen LogP contribution in [0.25, 0.3) is 0 Å². The van der Waals surface area contributed by atoms with Crippen molar-refractivity contribution in [1.29, 1.82) is 0 Å². The molecule has 0 atom stereocenters. The minimum absolute atomic E-state index is 1.27. The Balaban J connectivity index is 3.60. The molecule has 0 N–H and O–H groups in total. The number of unbranched alkanes of at least 4 members (excludes halogenated alkanes) is 1. The monoisotopic (exact) mass is 172 g/mol. The highest BCUT2D eigenvalue weighted by molar-refractivity contribution is 6.71. The molecule has 0 aromatic rings. The van der Waals surface area contributed by atoms with E-state index in [1.54, 1.807) is 0 Å². The first-order chi connectivity index (χ1) is 5.12. The molecule has 66 valence electrons. The van der Waals surface area contributed by atoms with Crippen molar-refractivity contribution in [3.8, 4) is 0 Å². The molecule has 0 fully saturated rings. The predicted molar refractivity (Wildman–Crippen MR) is 53.1 cm³/mol. The number of rotatable bonds is 5. The normalized spacial score (nSPS) is 12.4. The molecule has 0 heterocycles. The molecule has 0 bridgehead atoms. The van der Waals surface area contributed by atoms with E-state index in [4.69, 9.17) is 4.43 Å². The van der Waals surface area contributed by atoms with Gasteiger partial charge in [0.1, 0.15) is 0 Å². The second-order valence-electron chi connectivity index (χ2n) is 3.45. The highest BCUT2D eigenvalue weighted by atomic mass is 28.4. The fraction of sp³-hybridized carbons (Fsp3) is 0.778. The average molecular weight is 172 g/mol. The standard InChI is InChI=1S/C9H20OSi/c1-5-7-9-11(3,4)10-8-6-2/h6,8H,5,7,9H2,1-4H3. The van der Waals surface area contributed by atoms with Gasteiger partial charge in [-0.25, -0.2) is 0 Å². The molecule has 0 aromatic carbocycles. The van der Waals surface area contributed by atoms with Gasteiger partial charge in [-0.2, -0.15) is 0 Å². The Morgan fingerprint density at radius 2 is 2.00 bits per heavy atom. The Labute approximate surface area is 71.6 Å². The van der Waals surface area contributed by atoms with Crippen LogP contribution in [-0.4, -0.2) is 8.32 Å². The first kappa shape index (κ1) is 10.8. The third-order valence-corrected chi connectivity index (χ3v) is 3.99. The van der Waals surface area contributed by atoms with Crippen molar-refractivity contribution < 1.29 is 4.43 Å². The Morgan fingerprint density at radius 1 is 1.36 bits per heavy atom.